The Morgan fingerprint density at radius 3 is 2.59 bits per heavy atom. The normalized spacial score (nSPS) is 12.5. The summed E-state index contributed by atoms with van der Waals surface area (Å²) in [6.45, 7) is 4.29. The number of aryl methyl sites for hydroxylation is 1. The molecule has 0 unspecified atom stereocenters. The summed E-state index contributed by atoms with van der Waals surface area (Å²) in [5.74, 6) is -2.64. The lowest BCUT2D eigenvalue weighted by Gasteiger charge is -2.17. The monoisotopic (exact) mass is 442 g/mol. The SMILES string of the molecule is CC(=O)Oc1c(C/C=C/c2cccc(C)c2C(=O)O)c(C=C(F)F)c(C)c2c1C(=O)OC2. The highest BCUT2D eigenvalue weighted by Gasteiger charge is 2.32. The van der Waals surface area contributed by atoms with Crippen molar-refractivity contribution in [2.45, 2.75) is 33.8 Å². The average molecular weight is 442 g/mol. The predicted molar refractivity (Wildman–Crippen MR) is 113 cm³/mol. The van der Waals surface area contributed by atoms with Crippen LogP contribution in [-0.2, 0) is 22.6 Å². The van der Waals surface area contributed by atoms with Gasteiger partial charge in [0.1, 0.15) is 17.9 Å². The van der Waals surface area contributed by atoms with Gasteiger partial charge < -0.3 is 14.6 Å². The van der Waals surface area contributed by atoms with Crippen molar-refractivity contribution in [1.29, 1.82) is 0 Å². The van der Waals surface area contributed by atoms with E-state index in [4.69, 9.17) is 9.47 Å². The molecule has 1 N–H and O–H groups in total. The van der Waals surface area contributed by atoms with Gasteiger partial charge in [-0.25, -0.2) is 9.59 Å². The molecule has 2 aromatic carbocycles. The molecule has 32 heavy (non-hydrogen) atoms. The summed E-state index contributed by atoms with van der Waals surface area (Å²) in [7, 11) is 0. The molecule has 0 spiro atoms. The van der Waals surface area contributed by atoms with Crippen molar-refractivity contribution in [1.82, 2.24) is 0 Å². The van der Waals surface area contributed by atoms with Crippen molar-refractivity contribution < 1.29 is 37.7 Å². The summed E-state index contributed by atoms with van der Waals surface area (Å²) in [5.41, 5.74) is 2.27. The van der Waals surface area contributed by atoms with Gasteiger partial charge in [0, 0.05) is 24.1 Å². The summed E-state index contributed by atoms with van der Waals surface area (Å²) >= 11 is 0. The second-order valence-electron chi connectivity index (χ2n) is 7.25. The summed E-state index contributed by atoms with van der Waals surface area (Å²) in [6, 6.07) is 4.99. The van der Waals surface area contributed by atoms with Crippen LogP contribution in [0.15, 0.2) is 30.4 Å². The molecule has 0 amide bonds. The van der Waals surface area contributed by atoms with E-state index in [9.17, 15) is 28.3 Å². The van der Waals surface area contributed by atoms with Crippen LogP contribution in [0.4, 0.5) is 8.78 Å². The van der Waals surface area contributed by atoms with Crippen molar-refractivity contribution in [3.63, 3.8) is 0 Å². The Morgan fingerprint density at radius 1 is 1.25 bits per heavy atom. The van der Waals surface area contributed by atoms with Gasteiger partial charge in [0.25, 0.3) is 6.08 Å². The first-order valence-corrected chi connectivity index (χ1v) is 9.67. The minimum absolute atomic E-state index is 0.00384. The molecule has 6 nitrogen and oxygen atoms in total. The standard InChI is InChI=1S/C24H20F2O6/c1-12-6-4-7-15(20(12)23(28)29)8-5-9-16-17(10-19(25)26)13(2)18-11-31-24(30)21(18)22(16)32-14(3)27/h4-8,10H,9,11H2,1-3H3,(H,28,29)/b8-5+. The van der Waals surface area contributed by atoms with E-state index in [-0.39, 0.29) is 41.0 Å². The van der Waals surface area contributed by atoms with Crippen molar-refractivity contribution in [3.8, 4) is 5.75 Å². The fraction of sp³-hybridized carbons (Fsp3) is 0.208. The van der Waals surface area contributed by atoms with Gasteiger partial charge in [-0.05, 0) is 42.5 Å². The Hall–Kier alpha value is -3.81. The van der Waals surface area contributed by atoms with Crippen LogP contribution in [-0.4, -0.2) is 23.0 Å². The van der Waals surface area contributed by atoms with E-state index in [0.29, 0.717) is 28.3 Å². The van der Waals surface area contributed by atoms with E-state index in [1.165, 1.54) is 0 Å². The van der Waals surface area contributed by atoms with Gasteiger partial charge in [0.2, 0.25) is 0 Å². The third-order valence-corrected chi connectivity index (χ3v) is 5.17. The number of carboxylic acids is 1. The zero-order chi connectivity index (χ0) is 23.6. The Bertz CT molecular complexity index is 1190. The number of cyclic esters (lactones) is 1. The van der Waals surface area contributed by atoms with Gasteiger partial charge in [-0.3, -0.25) is 4.79 Å². The smallest absolute Gasteiger partial charge is 0.342 e. The summed E-state index contributed by atoms with van der Waals surface area (Å²) in [4.78, 5) is 35.6. The van der Waals surface area contributed by atoms with Gasteiger partial charge in [-0.2, -0.15) is 8.78 Å². The van der Waals surface area contributed by atoms with Crippen molar-refractivity contribution in [2.75, 3.05) is 0 Å². The number of esters is 2. The van der Waals surface area contributed by atoms with E-state index in [0.717, 1.165) is 6.92 Å². The van der Waals surface area contributed by atoms with Crippen LogP contribution in [0, 0.1) is 13.8 Å². The number of fused-ring (bicyclic) bond motifs is 1. The van der Waals surface area contributed by atoms with Crippen LogP contribution >= 0.6 is 0 Å². The molecule has 0 fully saturated rings. The number of ether oxygens (including phenoxy) is 2. The molecular weight excluding hydrogens is 422 g/mol. The molecule has 166 valence electrons. The first-order valence-electron chi connectivity index (χ1n) is 9.67. The van der Waals surface area contributed by atoms with Gasteiger partial charge >= 0.3 is 17.9 Å². The number of halogens is 2. The lowest BCUT2D eigenvalue weighted by molar-refractivity contribution is -0.131. The van der Waals surface area contributed by atoms with Crippen molar-refractivity contribution in [3.05, 3.63) is 74.9 Å². The first kappa shape index (κ1) is 22.9. The summed E-state index contributed by atoms with van der Waals surface area (Å²) in [6.07, 6.45) is 1.82. The predicted octanol–water partition coefficient (Wildman–Crippen LogP) is 5.09. The topological polar surface area (TPSA) is 89.9 Å². The fourth-order valence-electron chi connectivity index (χ4n) is 3.78. The number of carboxylic acid groups (broad SMARTS) is 1. The Kier molecular flexibility index (Phi) is 6.53. The molecule has 0 aromatic heterocycles. The molecule has 0 bridgehead atoms. The highest BCUT2D eigenvalue weighted by atomic mass is 19.3. The van der Waals surface area contributed by atoms with Gasteiger partial charge in [-0.1, -0.05) is 30.4 Å². The molecule has 3 rings (SSSR count). The molecule has 8 heteroatoms. The number of benzene rings is 2. The number of allylic oxidation sites excluding steroid dienone is 1. The third-order valence-electron chi connectivity index (χ3n) is 5.17. The zero-order valence-corrected chi connectivity index (χ0v) is 17.6. The van der Waals surface area contributed by atoms with Gasteiger partial charge in [0.15, 0.2) is 0 Å². The van der Waals surface area contributed by atoms with E-state index in [2.05, 4.69) is 0 Å². The van der Waals surface area contributed by atoms with Gasteiger partial charge in [-0.15, -0.1) is 0 Å². The van der Waals surface area contributed by atoms with Crippen molar-refractivity contribution in [2.24, 2.45) is 0 Å². The quantitative estimate of drug-likeness (QED) is 0.495. The Balaban J connectivity index is 2.17. The van der Waals surface area contributed by atoms with Gasteiger partial charge in [0.05, 0.1) is 5.56 Å². The number of carbonyl (C=O) groups excluding carboxylic acids is 2. The van der Waals surface area contributed by atoms with E-state index < -0.39 is 24.0 Å². The molecule has 0 atom stereocenters. The van der Waals surface area contributed by atoms with Crippen LogP contribution in [0.1, 0.15) is 61.0 Å². The van der Waals surface area contributed by atoms with Crippen molar-refractivity contribution >= 4 is 30.1 Å². The minimum Gasteiger partial charge on any atom is -0.478 e. The average Bonchev–Trinajstić information content (AvgIpc) is 3.08. The van der Waals surface area contributed by atoms with Crippen LogP contribution in [0.2, 0.25) is 0 Å². The third kappa shape index (κ3) is 4.44. The second-order valence-corrected chi connectivity index (χ2v) is 7.25. The number of rotatable bonds is 6. The number of aromatic carboxylic acids is 1. The molecule has 0 saturated carbocycles. The minimum atomic E-state index is -1.95. The molecule has 1 aliphatic heterocycles. The van der Waals surface area contributed by atoms with Crippen LogP contribution in [0.25, 0.3) is 12.2 Å². The molecular formula is C24H20F2O6. The molecule has 0 radical (unpaired) electrons. The largest absolute Gasteiger partial charge is 0.478 e. The Labute approximate surface area is 182 Å². The van der Waals surface area contributed by atoms with Crippen LogP contribution < -0.4 is 4.74 Å². The molecule has 0 aliphatic carbocycles. The summed E-state index contributed by atoms with van der Waals surface area (Å²) in [5, 5.41) is 9.49. The van der Waals surface area contributed by atoms with E-state index in [1.807, 2.05) is 0 Å². The number of carbonyl (C=O) groups is 3. The highest BCUT2D eigenvalue weighted by molar-refractivity contribution is 5.99. The molecule has 1 heterocycles. The Morgan fingerprint density at radius 2 is 1.97 bits per heavy atom. The lowest BCUT2D eigenvalue weighted by Crippen LogP contribution is -2.11. The molecule has 1 aliphatic rings. The lowest BCUT2D eigenvalue weighted by atomic mass is 9.90. The maximum absolute atomic E-state index is 13.2. The first-order chi connectivity index (χ1) is 15.1. The van der Waals surface area contributed by atoms with Crippen LogP contribution in [0.3, 0.4) is 0 Å². The molecule has 0 saturated heterocycles. The maximum atomic E-state index is 13.2. The number of hydrogen-bond donors (Lipinski definition) is 1. The van der Waals surface area contributed by atoms with Crippen LogP contribution in [0.5, 0.6) is 5.75 Å². The van der Waals surface area contributed by atoms with E-state index >= 15 is 0 Å². The maximum Gasteiger partial charge on any atom is 0.342 e. The fourth-order valence-corrected chi connectivity index (χ4v) is 3.78. The second kappa shape index (κ2) is 9.13. The summed E-state index contributed by atoms with van der Waals surface area (Å²) < 4.78 is 36.8. The molecule has 2 aromatic rings. The van der Waals surface area contributed by atoms with E-state index in [1.54, 1.807) is 44.2 Å². The number of hydrogen-bond acceptors (Lipinski definition) is 5. The zero-order valence-electron chi connectivity index (χ0n) is 17.6. The highest BCUT2D eigenvalue weighted by Crippen LogP contribution is 2.40.